The quantitative estimate of drug-likeness (QED) is 0.793. The summed E-state index contributed by atoms with van der Waals surface area (Å²) in [6.07, 6.45) is 1.54. The summed E-state index contributed by atoms with van der Waals surface area (Å²) >= 11 is 0. The highest BCUT2D eigenvalue weighted by molar-refractivity contribution is 5.74. The van der Waals surface area contributed by atoms with Gasteiger partial charge in [-0.25, -0.2) is 9.07 Å². The van der Waals surface area contributed by atoms with Crippen LogP contribution in [-0.4, -0.2) is 26.8 Å². The van der Waals surface area contributed by atoms with Crippen LogP contribution in [0.15, 0.2) is 35.3 Å². The van der Waals surface area contributed by atoms with E-state index in [-0.39, 0.29) is 23.0 Å². The molecule has 1 unspecified atom stereocenters. The van der Waals surface area contributed by atoms with Crippen LogP contribution in [0.1, 0.15) is 39.3 Å². The molecule has 0 radical (unpaired) electrons. The summed E-state index contributed by atoms with van der Waals surface area (Å²) in [6, 6.07) is 6.22. The van der Waals surface area contributed by atoms with E-state index in [0.717, 1.165) is 5.56 Å². The Hall–Kier alpha value is -2.70. The van der Waals surface area contributed by atoms with Gasteiger partial charge in [0.2, 0.25) is 5.95 Å². The Morgan fingerprint density at radius 1 is 1.24 bits per heavy atom. The minimum Gasteiger partial charge on any atom is -0.339 e. The number of hydrogen-bond donors (Lipinski definition) is 1. The molecule has 0 aliphatic rings. The molecule has 0 amide bonds. The van der Waals surface area contributed by atoms with E-state index < -0.39 is 0 Å². The van der Waals surface area contributed by atoms with E-state index in [2.05, 4.69) is 15.1 Å². The Morgan fingerprint density at radius 3 is 2.48 bits per heavy atom. The molecule has 2 heterocycles. The minimum atomic E-state index is -0.291. The fraction of sp³-hybridized carbons (Fsp3) is 0.389. The lowest BCUT2D eigenvalue weighted by Gasteiger charge is -2.26. The molecule has 1 aromatic carbocycles. The fourth-order valence-electron chi connectivity index (χ4n) is 2.71. The maximum atomic E-state index is 13.1. The zero-order chi connectivity index (χ0) is 18.4. The van der Waals surface area contributed by atoms with Gasteiger partial charge in [-0.05, 0) is 45.4 Å². The molecule has 0 saturated heterocycles. The third-order valence-corrected chi connectivity index (χ3v) is 4.33. The number of aromatic nitrogens is 4. The highest BCUT2D eigenvalue weighted by Gasteiger charge is 2.22. The van der Waals surface area contributed by atoms with Gasteiger partial charge in [0.1, 0.15) is 11.2 Å². The molecule has 3 rings (SSSR count). The van der Waals surface area contributed by atoms with Crippen LogP contribution in [0.3, 0.4) is 0 Å². The monoisotopic (exact) mass is 343 g/mol. The SMILES string of the molecule is CC(c1ccc(F)cc1)N(C)c1nc2c(cnn2C(C)(C)C)c(=O)[nH]1. The van der Waals surface area contributed by atoms with Gasteiger partial charge < -0.3 is 4.90 Å². The van der Waals surface area contributed by atoms with E-state index in [0.29, 0.717) is 17.0 Å². The van der Waals surface area contributed by atoms with Gasteiger partial charge in [0.15, 0.2) is 5.65 Å². The number of H-pyrrole nitrogens is 1. The van der Waals surface area contributed by atoms with Gasteiger partial charge in [0.25, 0.3) is 5.56 Å². The van der Waals surface area contributed by atoms with Gasteiger partial charge >= 0.3 is 0 Å². The molecule has 7 heteroatoms. The molecule has 1 N–H and O–H groups in total. The summed E-state index contributed by atoms with van der Waals surface area (Å²) in [6.45, 7) is 7.99. The highest BCUT2D eigenvalue weighted by Crippen LogP contribution is 2.24. The number of anilines is 1. The maximum absolute atomic E-state index is 13.1. The third-order valence-electron chi connectivity index (χ3n) is 4.33. The standard InChI is InChI=1S/C18H22FN5O/c1-11(12-6-8-13(19)9-7-12)23(5)17-21-15-14(16(25)22-17)10-20-24(15)18(2,3)4/h6-11H,1-5H3,(H,21,22,25). The lowest BCUT2D eigenvalue weighted by molar-refractivity contribution is 0.366. The van der Waals surface area contributed by atoms with Crippen molar-refractivity contribution in [3.63, 3.8) is 0 Å². The van der Waals surface area contributed by atoms with Crippen molar-refractivity contribution in [1.29, 1.82) is 0 Å². The molecule has 0 saturated carbocycles. The second-order valence-electron chi connectivity index (χ2n) is 7.19. The maximum Gasteiger partial charge on any atom is 0.263 e. The average Bonchev–Trinajstić information content (AvgIpc) is 2.99. The Kier molecular flexibility index (Phi) is 4.10. The molecule has 0 bridgehead atoms. The Morgan fingerprint density at radius 2 is 1.88 bits per heavy atom. The lowest BCUT2D eigenvalue weighted by Crippen LogP contribution is -2.28. The number of aromatic amines is 1. The topological polar surface area (TPSA) is 66.8 Å². The van der Waals surface area contributed by atoms with Crippen LogP contribution < -0.4 is 10.5 Å². The van der Waals surface area contributed by atoms with Crippen molar-refractivity contribution in [2.45, 2.75) is 39.3 Å². The second-order valence-corrected chi connectivity index (χ2v) is 7.19. The van der Waals surface area contributed by atoms with E-state index >= 15 is 0 Å². The first-order chi connectivity index (χ1) is 11.7. The molecule has 2 aromatic heterocycles. The summed E-state index contributed by atoms with van der Waals surface area (Å²) in [5.74, 6) is 0.168. The van der Waals surface area contributed by atoms with Crippen LogP contribution in [0.5, 0.6) is 0 Å². The molecular weight excluding hydrogens is 321 g/mol. The fourth-order valence-corrected chi connectivity index (χ4v) is 2.71. The van der Waals surface area contributed by atoms with Crippen molar-refractivity contribution in [2.75, 3.05) is 11.9 Å². The first-order valence-electron chi connectivity index (χ1n) is 8.15. The highest BCUT2D eigenvalue weighted by atomic mass is 19.1. The Bertz CT molecular complexity index is 952. The van der Waals surface area contributed by atoms with Gasteiger partial charge in [-0.1, -0.05) is 12.1 Å². The summed E-state index contributed by atoms with van der Waals surface area (Å²) in [5.41, 5.74) is 0.954. The van der Waals surface area contributed by atoms with Crippen molar-refractivity contribution >= 4 is 17.0 Å². The van der Waals surface area contributed by atoms with Crippen molar-refractivity contribution in [2.24, 2.45) is 0 Å². The van der Waals surface area contributed by atoms with E-state index in [4.69, 9.17) is 0 Å². The van der Waals surface area contributed by atoms with Gasteiger partial charge in [0.05, 0.1) is 17.8 Å². The van der Waals surface area contributed by atoms with Crippen molar-refractivity contribution < 1.29 is 4.39 Å². The Labute approximate surface area is 145 Å². The zero-order valence-corrected chi connectivity index (χ0v) is 15.0. The predicted octanol–water partition coefficient (Wildman–Crippen LogP) is 3.21. The number of halogens is 1. The normalized spacial score (nSPS) is 13.2. The number of fused-ring (bicyclic) bond motifs is 1. The summed E-state index contributed by atoms with van der Waals surface area (Å²) < 4.78 is 14.9. The zero-order valence-electron chi connectivity index (χ0n) is 15.0. The molecular formula is C18H22FN5O. The molecule has 0 fully saturated rings. The molecule has 6 nitrogen and oxygen atoms in total. The van der Waals surface area contributed by atoms with E-state index in [1.54, 1.807) is 23.0 Å². The summed E-state index contributed by atoms with van der Waals surface area (Å²) in [5, 5.41) is 4.77. The van der Waals surface area contributed by atoms with E-state index in [9.17, 15) is 9.18 Å². The average molecular weight is 343 g/mol. The molecule has 3 aromatic rings. The lowest BCUT2D eigenvalue weighted by atomic mass is 10.1. The number of nitrogens with zero attached hydrogens (tertiary/aromatic N) is 4. The first-order valence-corrected chi connectivity index (χ1v) is 8.15. The third kappa shape index (κ3) is 3.14. The number of rotatable bonds is 3. The van der Waals surface area contributed by atoms with Crippen molar-refractivity contribution in [1.82, 2.24) is 19.7 Å². The Balaban J connectivity index is 2.05. The summed E-state index contributed by atoms with van der Waals surface area (Å²) in [7, 11) is 1.84. The van der Waals surface area contributed by atoms with Crippen LogP contribution in [0.4, 0.5) is 10.3 Å². The van der Waals surface area contributed by atoms with Crippen LogP contribution >= 0.6 is 0 Å². The summed E-state index contributed by atoms with van der Waals surface area (Å²) in [4.78, 5) is 21.7. The minimum absolute atomic E-state index is 0.0905. The smallest absolute Gasteiger partial charge is 0.263 e. The van der Waals surface area contributed by atoms with Crippen molar-refractivity contribution in [3.05, 3.63) is 52.2 Å². The van der Waals surface area contributed by atoms with Crippen molar-refractivity contribution in [3.8, 4) is 0 Å². The first kappa shape index (κ1) is 17.1. The van der Waals surface area contributed by atoms with Gasteiger partial charge in [0, 0.05) is 7.05 Å². The predicted molar refractivity (Wildman–Crippen MR) is 96.4 cm³/mol. The van der Waals surface area contributed by atoms with E-state index in [1.807, 2.05) is 39.6 Å². The molecule has 1 atom stereocenters. The molecule has 0 spiro atoms. The van der Waals surface area contributed by atoms with E-state index in [1.165, 1.54) is 12.1 Å². The van der Waals surface area contributed by atoms with Gasteiger partial charge in [-0.3, -0.25) is 9.78 Å². The molecule has 0 aliphatic carbocycles. The van der Waals surface area contributed by atoms with Crippen LogP contribution in [0.25, 0.3) is 11.0 Å². The second kappa shape index (κ2) is 5.98. The van der Waals surface area contributed by atoms with Gasteiger partial charge in [-0.15, -0.1) is 0 Å². The van der Waals surface area contributed by atoms with Crippen LogP contribution in [-0.2, 0) is 5.54 Å². The number of nitrogens with one attached hydrogen (secondary N) is 1. The van der Waals surface area contributed by atoms with Crippen LogP contribution in [0.2, 0.25) is 0 Å². The molecule has 25 heavy (non-hydrogen) atoms. The number of hydrogen-bond acceptors (Lipinski definition) is 4. The molecule has 132 valence electrons. The largest absolute Gasteiger partial charge is 0.339 e. The molecule has 0 aliphatic heterocycles. The van der Waals surface area contributed by atoms with Gasteiger partial charge in [-0.2, -0.15) is 10.1 Å². The van der Waals surface area contributed by atoms with Crippen LogP contribution in [0, 0.1) is 5.82 Å². The number of benzene rings is 1.